The Morgan fingerprint density at radius 3 is 3.06 bits per heavy atom. The quantitative estimate of drug-likeness (QED) is 0.850. The number of amides is 1. The lowest BCUT2D eigenvalue weighted by molar-refractivity contribution is -0.121. The molecule has 0 spiro atoms. The smallest absolute Gasteiger partial charge is 0.221 e. The molecule has 1 aromatic carbocycles. The molecule has 3 nitrogen and oxygen atoms in total. The van der Waals surface area contributed by atoms with Crippen LogP contribution in [0.1, 0.15) is 30.4 Å². The summed E-state index contributed by atoms with van der Waals surface area (Å²) < 4.78 is 0. The Bertz CT molecular complexity index is 403. The summed E-state index contributed by atoms with van der Waals surface area (Å²) in [5, 5.41) is 6.42. The highest BCUT2D eigenvalue weighted by atomic mass is 16.1. The lowest BCUT2D eigenvalue weighted by Crippen LogP contribution is -2.33. The van der Waals surface area contributed by atoms with E-state index >= 15 is 0 Å². The van der Waals surface area contributed by atoms with E-state index in [4.69, 9.17) is 0 Å². The maximum Gasteiger partial charge on any atom is 0.221 e. The minimum absolute atomic E-state index is 0.181. The Labute approximate surface area is 109 Å². The summed E-state index contributed by atoms with van der Waals surface area (Å²) in [6, 6.07) is 8.82. The largest absolute Gasteiger partial charge is 0.356 e. The molecule has 1 saturated heterocycles. The van der Waals surface area contributed by atoms with Crippen LogP contribution in [0, 0.1) is 6.92 Å². The Balaban J connectivity index is 1.78. The second kappa shape index (κ2) is 6.55. The van der Waals surface area contributed by atoms with Crippen molar-refractivity contribution < 1.29 is 4.79 Å². The summed E-state index contributed by atoms with van der Waals surface area (Å²) in [6.07, 6.45) is 3.82. The fourth-order valence-corrected chi connectivity index (χ4v) is 2.45. The third-order valence-electron chi connectivity index (χ3n) is 3.57. The van der Waals surface area contributed by atoms with Crippen molar-refractivity contribution in [3.63, 3.8) is 0 Å². The molecule has 2 N–H and O–H groups in total. The number of carbonyl (C=O) groups is 1. The van der Waals surface area contributed by atoms with Crippen LogP contribution >= 0.6 is 0 Å². The van der Waals surface area contributed by atoms with Gasteiger partial charge >= 0.3 is 0 Å². The van der Waals surface area contributed by atoms with Gasteiger partial charge in [-0.2, -0.15) is 0 Å². The summed E-state index contributed by atoms with van der Waals surface area (Å²) in [5.41, 5.74) is 2.74. The molecule has 1 aromatic rings. The lowest BCUT2D eigenvalue weighted by atomic mass is 10.0. The Morgan fingerprint density at radius 2 is 2.22 bits per heavy atom. The number of carbonyl (C=O) groups excluding carboxylic acids is 1. The molecule has 0 aromatic heterocycles. The molecule has 3 heteroatoms. The first kappa shape index (κ1) is 13.1. The maximum absolute atomic E-state index is 11.4. The summed E-state index contributed by atoms with van der Waals surface area (Å²) in [6.45, 7) is 3.92. The standard InChI is InChI=1S/C15H22N2O/c1-12-5-2-3-6-13(12)8-10-16-14-7-4-9-17-15(18)11-14/h2-3,5-6,14,16H,4,7-11H2,1H3,(H,17,18). The van der Waals surface area contributed by atoms with Crippen LogP contribution in [0.4, 0.5) is 0 Å². The van der Waals surface area contributed by atoms with Crippen LogP contribution in [0.15, 0.2) is 24.3 Å². The maximum atomic E-state index is 11.4. The third kappa shape index (κ3) is 3.84. The summed E-state index contributed by atoms with van der Waals surface area (Å²) in [5.74, 6) is 0.181. The van der Waals surface area contributed by atoms with E-state index in [0.29, 0.717) is 12.5 Å². The molecular formula is C15H22N2O. The number of benzene rings is 1. The Kier molecular flexibility index (Phi) is 4.76. The summed E-state index contributed by atoms with van der Waals surface area (Å²) >= 11 is 0. The number of rotatable bonds is 4. The highest BCUT2D eigenvalue weighted by Gasteiger charge is 2.16. The number of nitrogens with one attached hydrogen (secondary N) is 2. The van der Waals surface area contributed by atoms with Crippen molar-refractivity contribution in [2.75, 3.05) is 13.1 Å². The second-order valence-electron chi connectivity index (χ2n) is 5.02. The average molecular weight is 246 g/mol. The van der Waals surface area contributed by atoms with E-state index in [-0.39, 0.29) is 5.91 Å². The lowest BCUT2D eigenvalue weighted by Gasteiger charge is -2.15. The zero-order valence-electron chi connectivity index (χ0n) is 11.0. The van der Waals surface area contributed by atoms with Gasteiger partial charge in [-0.25, -0.2) is 0 Å². The van der Waals surface area contributed by atoms with Crippen LogP contribution in [-0.4, -0.2) is 25.0 Å². The van der Waals surface area contributed by atoms with Gasteiger partial charge in [0.2, 0.25) is 5.91 Å². The molecule has 18 heavy (non-hydrogen) atoms. The fourth-order valence-electron chi connectivity index (χ4n) is 2.45. The van der Waals surface area contributed by atoms with Gasteiger partial charge in [0.15, 0.2) is 0 Å². The number of hydrogen-bond donors (Lipinski definition) is 2. The first-order valence-electron chi connectivity index (χ1n) is 6.80. The molecule has 0 aliphatic carbocycles. The highest BCUT2D eigenvalue weighted by Crippen LogP contribution is 2.09. The van der Waals surface area contributed by atoms with Crippen molar-refractivity contribution >= 4 is 5.91 Å². The van der Waals surface area contributed by atoms with Gasteiger partial charge in [-0.05, 0) is 43.9 Å². The van der Waals surface area contributed by atoms with Crippen molar-refractivity contribution in [2.24, 2.45) is 0 Å². The van der Waals surface area contributed by atoms with Crippen molar-refractivity contribution in [3.05, 3.63) is 35.4 Å². The molecule has 98 valence electrons. The second-order valence-corrected chi connectivity index (χ2v) is 5.02. The minimum atomic E-state index is 0.181. The van der Waals surface area contributed by atoms with Gasteiger partial charge in [-0.3, -0.25) is 4.79 Å². The zero-order chi connectivity index (χ0) is 12.8. The van der Waals surface area contributed by atoms with Crippen LogP contribution in [0.25, 0.3) is 0 Å². The highest BCUT2D eigenvalue weighted by molar-refractivity contribution is 5.76. The first-order chi connectivity index (χ1) is 8.75. The predicted octanol–water partition coefficient (Wildman–Crippen LogP) is 1.80. The van der Waals surface area contributed by atoms with Gasteiger partial charge in [-0.15, -0.1) is 0 Å². The average Bonchev–Trinajstić information content (AvgIpc) is 2.56. The van der Waals surface area contributed by atoms with E-state index in [0.717, 1.165) is 32.4 Å². The summed E-state index contributed by atoms with van der Waals surface area (Å²) in [4.78, 5) is 11.4. The molecule has 0 saturated carbocycles. The van der Waals surface area contributed by atoms with Gasteiger partial charge in [0, 0.05) is 19.0 Å². The predicted molar refractivity (Wildman–Crippen MR) is 73.5 cm³/mol. The molecule has 0 radical (unpaired) electrons. The van der Waals surface area contributed by atoms with Crippen LogP contribution < -0.4 is 10.6 Å². The van der Waals surface area contributed by atoms with Gasteiger partial charge < -0.3 is 10.6 Å². The SMILES string of the molecule is Cc1ccccc1CCNC1CCCNC(=O)C1. The molecule has 1 amide bonds. The Hall–Kier alpha value is -1.35. The number of hydrogen-bond acceptors (Lipinski definition) is 2. The first-order valence-corrected chi connectivity index (χ1v) is 6.80. The topological polar surface area (TPSA) is 41.1 Å². The van der Waals surface area contributed by atoms with Gasteiger partial charge in [0.1, 0.15) is 0 Å². The molecule has 1 aliphatic rings. The molecular weight excluding hydrogens is 224 g/mol. The third-order valence-corrected chi connectivity index (χ3v) is 3.57. The van der Waals surface area contributed by atoms with E-state index in [1.54, 1.807) is 0 Å². The van der Waals surface area contributed by atoms with E-state index in [2.05, 4.69) is 41.8 Å². The van der Waals surface area contributed by atoms with Crippen LogP contribution in [0.3, 0.4) is 0 Å². The van der Waals surface area contributed by atoms with E-state index in [1.165, 1.54) is 11.1 Å². The normalized spacial score (nSPS) is 20.3. The Morgan fingerprint density at radius 1 is 1.39 bits per heavy atom. The number of aryl methyl sites for hydroxylation is 1. The van der Waals surface area contributed by atoms with Gasteiger partial charge in [0.25, 0.3) is 0 Å². The molecule has 1 fully saturated rings. The van der Waals surface area contributed by atoms with E-state index in [9.17, 15) is 4.79 Å². The fraction of sp³-hybridized carbons (Fsp3) is 0.533. The molecule has 2 rings (SSSR count). The molecule has 0 bridgehead atoms. The molecule has 1 heterocycles. The van der Waals surface area contributed by atoms with Gasteiger partial charge in [0.05, 0.1) is 0 Å². The van der Waals surface area contributed by atoms with Crippen molar-refractivity contribution in [3.8, 4) is 0 Å². The van der Waals surface area contributed by atoms with E-state index in [1.807, 2.05) is 0 Å². The minimum Gasteiger partial charge on any atom is -0.356 e. The van der Waals surface area contributed by atoms with Crippen molar-refractivity contribution in [1.29, 1.82) is 0 Å². The zero-order valence-corrected chi connectivity index (χ0v) is 11.0. The van der Waals surface area contributed by atoms with Crippen LogP contribution in [0.5, 0.6) is 0 Å². The van der Waals surface area contributed by atoms with Gasteiger partial charge in [-0.1, -0.05) is 24.3 Å². The van der Waals surface area contributed by atoms with Crippen molar-refractivity contribution in [2.45, 2.75) is 38.6 Å². The molecule has 1 unspecified atom stereocenters. The monoisotopic (exact) mass is 246 g/mol. The molecule has 1 aliphatic heterocycles. The van der Waals surface area contributed by atoms with Crippen molar-refractivity contribution in [1.82, 2.24) is 10.6 Å². The van der Waals surface area contributed by atoms with Crippen LogP contribution in [-0.2, 0) is 11.2 Å². The summed E-state index contributed by atoms with van der Waals surface area (Å²) in [7, 11) is 0. The molecule has 1 atom stereocenters. The van der Waals surface area contributed by atoms with E-state index < -0.39 is 0 Å². The van der Waals surface area contributed by atoms with Crippen LogP contribution in [0.2, 0.25) is 0 Å².